The van der Waals surface area contributed by atoms with Crippen LogP contribution in [0.4, 0.5) is 10.1 Å². The molecule has 6 heteroatoms. The maximum Gasteiger partial charge on any atom is 0.208 e. The smallest absolute Gasteiger partial charge is 0.208 e. The average Bonchev–Trinajstić information content (AvgIpc) is 2.83. The summed E-state index contributed by atoms with van der Waals surface area (Å²) in [6, 6.07) is 10.8. The summed E-state index contributed by atoms with van der Waals surface area (Å²) >= 11 is 0. The molecule has 0 aliphatic rings. The molecular weight excluding hydrogens is 279 g/mol. The van der Waals surface area contributed by atoms with Crippen molar-refractivity contribution in [2.75, 3.05) is 5.73 Å². The number of oxazole rings is 1. The Morgan fingerprint density at radius 2 is 1.95 bits per heavy atom. The molecule has 1 atom stereocenters. The van der Waals surface area contributed by atoms with Gasteiger partial charge in [-0.15, -0.1) is 0 Å². The number of hydrogen-bond acceptors (Lipinski definition) is 4. The van der Waals surface area contributed by atoms with Crippen LogP contribution >= 0.6 is 0 Å². The summed E-state index contributed by atoms with van der Waals surface area (Å²) in [4.78, 5) is 4.77. The predicted octanol–water partition coefficient (Wildman–Crippen LogP) is 2.86. The van der Waals surface area contributed by atoms with Crippen molar-refractivity contribution in [1.82, 2.24) is 4.98 Å². The van der Waals surface area contributed by atoms with Crippen LogP contribution in [-0.2, 0) is 16.6 Å². The molecule has 20 heavy (non-hydrogen) atoms. The maximum atomic E-state index is 12.8. The molecule has 4 nitrogen and oxygen atoms in total. The van der Waals surface area contributed by atoms with Crippen molar-refractivity contribution in [3.63, 3.8) is 0 Å². The number of nitrogens with zero attached hydrogens (tertiary/aromatic N) is 1. The largest absolute Gasteiger partial charge is 0.440 e. The van der Waals surface area contributed by atoms with Crippen LogP contribution in [0.25, 0.3) is 11.1 Å². The zero-order chi connectivity index (χ0) is 14.1. The van der Waals surface area contributed by atoms with E-state index in [0.29, 0.717) is 27.6 Å². The summed E-state index contributed by atoms with van der Waals surface area (Å²) in [5.74, 6) is 0.112. The standard InChI is InChI=1S/C14H11FN2O2S/c15-9-4-6-10(7-5-9)20(18)8-13-17-14-11(16)2-1-3-12(14)19-13/h1-7H,8,16H2. The van der Waals surface area contributed by atoms with Gasteiger partial charge in [-0.3, -0.25) is 4.21 Å². The Morgan fingerprint density at radius 3 is 2.65 bits per heavy atom. The molecular formula is C14H11FN2O2S. The second-order valence-electron chi connectivity index (χ2n) is 4.25. The minimum Gasteiger partial charge on any atom is -0.440 e. The molecule has 2 N–H and O–H groups in total. The lowest BCUT2D eigenvalue weighted by molar-refractivity contribution is 0.552. The van der Waals surface area contributed by atoms with Gasteiger partial charge in [-0.05, 0) is 36.4 Å². The van der Waals surface area contributed by atoms with Crippen LogP contribution in [0.1, 0.15) is 5.89 Å². The molecule has 1 unspecified atom stereocenters. The minimum atomic E-state index is -1.34. The van der Waals surface area contributed by atoms with Crippen molar-refractivity contribution in [2.24, 2.45) is 0 Å². The normalized spacial score (nSPS) is 12.7. The van der Waals surface area contributed by atoms with E-state index < -0.39 is 10.8 Å². The molecule has 0 radical (unpaired) electrons. The van der Waals surface area contributed by atoms with Crippen molar-refractivity contribution in [2.45, 2.75) is 10.6 Å². The molecule has 0 saturated heterocycles. The van der Waals surface area contributed by atoms with Gasteiger partial charge in [-0.1, -0.05) is 6.07 Å². The quantitative estimate of drug-likeness (QED) is 0.753. The Hall–Kier alpha value is -2.21. The van der Waals surface area contributed by atoms with Crippen molar-refractivity contribution in [1.29, 1.82) is 0 Å². The first kappa shape index (κ1) is 12.8. The summed E-state index contributed by atoms with van der Waals surface area (Å²) in [6.07, 6.45) is 0. The third-order valence-corrected chi connectivity index (χ3v) is 4.13. The summed E-state index contributed by atoms with van der Waals surface area (Å²) in [7, 11) is -1.34. The van der Waals surface area contributed by atoms with Crippen LogP contribution in [0.15, 0.2) is 51.8 Å². The molecule has 3 rings (SSSR count). The minimum absolute atomic E-state index is 0.125. The summed E-state index contributed by atoms with van der Waals surface area (Å²) in [5.41, 5.74) is 7.44. The van der Waals surface area contributed by atoms with E-state index in [1.807, 2.05) is 0 Å². The lowest BCUT2D eigenvalue weighted by Crippen LogP contribution is -1.97. The van der Waals surface area contributed by atoms with E-state index in [1.165, 1.54) is 24.3 Å². The zero-order valence-electron chi connectivity index (χ0n) is 10.4. The molecule has 2 aromatic carbocycles. The molecule has 0 bridgehead atoms. The number of halogens is 1. The van der Waals surface area contributed by atoms with Crippen LogP contribution in [0.5, 0.6) is 0 Å². The number of nitrogen functional groups attached to an aromatic ring is 1. The van der Waals surface area contributed by atoms with Crippen molar-refractivity contribution in [3.8, 4) is 0 Å². The number of para-hydroxylation sites is 1. The molecule has 0 saturated carbocycles. The van der Waals surface area contributed by atoms with E-state index in [9.17, 15) is 8.60 Å². The predicted molar refractivity (Wildman–Crippen MR) is 74.9 cm³/mol. The first-order chi connectivity index (χ1) is 9.63. The van der Waals surface area contributed by atoms with Gasteiger partial charge in [0.25, 0.3) is 0 Å². The molecule has 0 amide bonds. The second-order valence-corrected chi connectivity index (χ2v) is 5.70. The molecule has 0 aliphatic heterocycles. The zero-order valence-corrected chi connectivity index (χ0v) is 11.2. The third kappa shape index (κ3) is 2.42. The fourth-order valence-electron chi connectivity index (χ4n) is 1.86. The third-order valence-electron chi connectivity index (χ3n) is 2.83. The van der Waals surface area contributed by atoms with E-state index in [0.717, 1.165) is 0 Å². The highest BCUT2D eigenvalue weighted by molar-refractivity contribution is 7.84. The van der Waals surface area contributed by atoms with Gasteiger partial charge in [-0.25, -0.2) is 9.37 Å². The first-order valence-corrected chi connectivity index (χ1v) is 7.23. The van der Waals surface area contributed by atoms with Crippen molar-refractivity contribution in [3.05, 3.63) is 54.2 Å². The van der Waals surface area contributed by atoms with E-state index in [1.54, 1.807) is 18.2 Å². The lowest BCUT2D eigenvalue weighted by Gasteiger charge is -1.98. The van der Waals surface area contributed by atoms with Gasteiger partial charge in [0.05, 0.1) is 16.5 Å². The highest BCUT2D eigenvalue weighted by atomic mass is 32.2. The van der Waals surface area contributed by atoms with Gasteiger partial charge in [0.1, 0.15) is 17.1 Å². The molecule has 0 spiro atoms. The van der Waals surface area contributed by atoms with Crippen LogP contribution in [0.3, 0.4) is 0 Å². The van der Waals surface area contributed by atoms with Crippen LogP contribution in [0, 0.1) is 5.82 Å². The van der Waals surface area contributed by atoms with Crippen molar-refractivity contribution < 1.29 is 13.0 Å². The number of anilines is 1. The Labute approximate surface area is 116 Å². The van der Waals surface area contributed by atoms with Gasteiger partial charge in [0.2, 0.25) is 5.89 Å². The summed E-state index contributed by atoms with van der Waals surface area (Å²) in [6.45, 7) is 0. The monoisotopic (exact) mass is 290 g/mol. The van der Waals surface area contributed by atoms with Gasteiger partial charge in [0, 0.05) is 4.90 Å². The Morgan fingerprint density at radius 1 is 1.20 bits per heavy atom. The number of fused-ring (bicyclic) bond motifs is 1. The second kappa shape index (κ2) is 5.05. The Bertz CT molecular complexity index is 783. The number of nitrogens with two attached hydrogens (primary N) is 1. The lowest BCUT2D eigenvalue weighted by atomic mass is 10.3. The van der Waals surface area contributed by atoms with E-state index in [-0.39, 0.29) is 11.6 Å². The fourth-order valence-corrected chi connectivity index (χ4v) is 2.81. The summed E-state index contributed by atoms with van der Waals surface area (Å²) < 4.78 is 30.5. The fraction of sp³-hybridized carbons (Fsp3) is 0.0714. The molecule has 3 aromatic rings. The molecule has 1 heterocycles. The van der Waals surface area contributed by atoms with Gasteiger partial charge < -0.3 is 10.2 Å². The number of aromatic nitrogens is 1. The average molecular weight is 290 g/mol. The summed E-state index contributed by atoms with van der Waals surface area (Å²) in [5, 5.41) is 0. The van der Waals surface area contributed by atoms with Crippen LogP contribution in [0.2, 0.25) is 0 Å². The SMILES string of the molecule is Nc1cccc2oc(CS(=O)c3ccc(F)cc3)nc12. The molecule has 0 aliphatic carbocycles. The van der Waals surface area contributed by atoms with Crippen LogP contribution < -0.4 is 5.73 Å². The number of rotatable bonds is 3. The van der Waals surface area contributed by atoms with Gasteiger partial charge in [0.15, 0.2) is 5.58 Å². The Kier molecular flexibility index (Phi) is 3.23. The van der Waals surface area contributed by atoms with Gasteiger partial charge >= 0.3 is 0 Å². The van der Waals surface area contributed by atoms with Gasteiger partial charge in [-0.2, -0.15) is 0 Å². The Balaban J connectivity index is 1.87. The van der Waals surface area contributed by atoms with E-state index in [4.69, 9.17) is 10.2 Å². The number of benzene rings is 2. The first-order valence-electron chi connectivity index (χ1n) is 5.91. The molecule has 102 valence electrons. The molecule has 0 fully saturated rings. The van der Waals surface area contributed by atoms with E-state index >= 15 is 0 Å². The highest BCUT2D eigenvalue weighted by Crippen LogP contribution is 2.22. The highest BCUT2D eigenvalue weighted by Gasteiger charge is 2.12. The maximum absolute atomic E-state index is 12.8. The van der Waals surface area contributed by atoms with E-state index in [2.05, 4.69) is 4.98 Å². The number of hydrogen-bond donors (Lipinski definition) is 1. The topological polar surface area (TPSA) is 69.1 Å². The molecule has 1 aromatic heterocycles. The van der Waals surface area contributed by atoms with Crippen molar-refractivity contribution >= 4 is 27.6 Å². The van der Waals surface area contributed by atoms with Crippen LogP contribution in [-0.4, -0.2) is 9.19 Å².